The summed E-state index contributed by atoms with van der Waals surface area (Å²) in [5.74, 6) is -0.0452. The molecule has 77 heavy (non-hydrogen) atoms. The summed E-state index contributed by atoms with van der Waals surface area (Å²) in [4.78, 5) is 14.1. The number of aromatic nitrogens is 5. The average Bonchev–Trinajstić information content (AvgIpc) is 4.04. The van der Waals surface area contributed by atoms with Crippen molar-refractivity contribution in [3.63, 3.8) is 0 Å². The van der Waals surface area contributed by atoms with Crippen LogP contribution in [0, 0.1) is 25.2 Å². The first-order chi connectivity index (χ1) is 34.3. The van der Waals surface area contributed by atoms with Gasteiger partial charge in [-0.3, -0.25) is 4.90 Å². The van der Waals surface area contributed by atoms with E-state index in [0.29, 0.717) is 49.4 Å². The molecule has 4 aromatic carbocycles. The first kappa shape index (κ1) is 65.3. The van der Waals surface area contributed by atoms with Crippen molar-refractivity contribution in [1.29, 1.82) is 5.26 Å². The Labute approximate surface area is 499 Å². The fraction of sp³-hybridized carbons (Fsp3) is 0.222. The van der Waals surface area contributed by atoms with E-state index in [1.165, 1.54) is 53.2 Å². The molecule has 32 heteroatoms. The summed E-state index contributed by atoms with van der Waals surface area (Å²) < 4.78 is 148. The van der Waals surface area contributed by atoms with Crippen LogP contribution >= 0.6 is 22.7 Å². The molecule has 22 nitrogen and oxygen atoms in total. The van der Waals surface area contributed by atoms with Crippen LogP contribution < -0.4 is 85.7 Å². The molecule has 0 spiro atoms. The Morgan fingerprint density at radius 3 is 1.56 bits per heavy atom. The molecule has 0 atom stereocenters. The van der Waals surface area contributed by atoms with Gasteiger partial charge in [-0.25, -0.2) is 48.6 Å². The topological polar surface area (TPSA) is 349 Å². The molecule has 0 amide bonds. The summed E-state index contributed by atoms with van der Waals surface area (Å²) >= 11 is 1.94. The number of anilines is 5. The van der Waals surface area contributed by atoms with E-state index in [4.69, 9.17) is 9.97 Å². The number of rotatable bonds is 16. The maximum Gasteiger partial charge on any atom is 1.00 e. The molecule has 1 N–H and O–H groups in total. The largest absolute Gasteiger partial charge is 1.00 e. The molecule has 0 saturated heterocycles. The third kappa shape index (κ3) is 13.5. The second-order valence-electron chi connectivity index (χ2n) is 16.2. The number of hydrogen-bond donors (Lipinski definition) is 1. The van der Waals surface area contributed by atoms with Crippen molar-refractivity contribution < 1.29 is 127 Å². The molecule has 8 rings (SSSR count). The van der Waals surface area contributed by atoms with Crippen LogP contribution in [0.4, 0.5) is 39.6 Å². The molecule has 0 aliphatic heterocycles. The van der Waals surface area contributed by atoms with Gasteiger partial charge >= 0.3 is 75.4 Å². The number of nitriles is 1. The van der Waals surface area contributed by atoms with Gasteiger partial charge in [-0.05, 0) is 134 Å². The van der Waals surface area contributed by atoms with Gasteiger partial charge in [0.15, 0.2) is 16.8 Å². The second kappa shape index (κ2) is 25.0. The van der Waals surface area contributed by atoms with Gasteiger partial charge in [0, 0.05) is 5.69 Å². The Hall–Kier alpha value is -4.26. The number of aryl methyl sites for hydroxylation is 6. The van der Waals surface area contributed by atoms with E-state index in [1.807, 2.05) is 0 Å². The van der Waals surface area contributed by atoms with Crippen molar-refractivity contribution in [3.8, 4) is 11.2 Å². The summed E-state index contributed by atoms with van der Waals surface area (Å²) in [7, 11) is -19.6. The van der Waals surface area contributed by atoms with Crippen molar-refractivity contribution in [2.24, 2.45) is 10.2 Å². The fourth-order valence-electron chi connectivity index (χ4n) is 7.95. The zero-order chi connectivity index (χ0) is 53.1. The maximum atomic E-state index is 12.5. The van der Waals surface area contributed by atoms with Gasteiger partial charge < -0.3 is 23.5 Å². The minimum absolute atomic E-state index is 0. The van der Waals surface area contributed by atoms with E-state index < -0.39 is 60.1 Å². The van der Waals surface area contributed by atoms with Crippen LogP contribution in [-0.2, 0) is 66.2 Å². The Morgan fingerprint density at radius 1 is 0.623 bits per heavy atom. The number of thiazole rings is 2. The van der Waals surface area contributed by atoms with Crippen molar-refractivity contribution in [2.75, 3.05) is 10.2 Å². The van der Waals surface area contributed by atoms with Gasteiger partial charge in [-0.1, -0.05) is 50.4 Å². The number of benzene rings is 4. The molecule has 0 unspecified atom stereocenters. The molecule has 0 bridgehead atoms. The van der Waals surface area contributed by atoms with E-state index in [0.717, 1.165) is 34.8 Å². The molecular formula is C45H38Li4N10O12S6. The monoisotopic (exact) mass is 1130 g/mol. The van der Waals surface area contributed by atoms with E-state index >= 15 is 0 Å². The zero-order valence-corrected chi connectivity index (χ0v) is 48.0. The molecule has 8 aromatic rings. The molecule has 4 heterocycles. The van der Waals surface area contributed by atoms with Gasteiger partial charge in [0.2, 0.25) is 5.13 Å². The minimum Gasteiger partial charge on any atom is -0.744 e. The minimum atomic E-state index is -4.96. The standard InChI is InChI=1S/C45H42N10O12S6.4Li/c1-7-25-16-31(72(62,63)64)17-26(8-2)40(25)50-42-39(51-52-43-33(22-46)24(6)53-55(43)45-48-35-14-12-30(71(59,60)61)21-37(35)69-45)23(5)15-38(49-42)54(41-27(9-3)18-32(73(65,66)67)19-28(41)10-4)44-47-34-13-11-29(70(56,57)58)20-36(34)68-44;;;;/h11-21H,7-10H2,1-6H3,(H,49,50)(H,56,57,58)(H,59,60,61)(H,62,63,64)(H,65,66,67);;;;/q;4*+1/p-4. The van der Waals surface area contributed by atoms with E-state index in [-0.39, 0.29) is 156 Å². The smallest absolute Gasteiger partial charge is 0.744 e. The predicted octanol–water partition coefficient (Wildman–Crippen LogP) is -3.51. The number of hydrogen-bond acceptors (Lipinski definition) is 23. The van der Waals surface area contributed by atoms with Crippen LogP contribution in [0.5, 0.6) is 0 Å². The third-order valence-corrected chi connectivity index (χ3v) is 16.8. The molecule has 0 saturated carbocycles. The average molecular weight is 1130 g/mol. The van der Waals surface area contributed by atoms with Crippen LogP contribution in [0.15, 0.2) is 96.5 Å². The van der Waals surface area contributed by atoms with Gasteiger partial charge in [0.05, 0.1) is 51.4 Å². The van der Waals surface area contributed by atoms with Crippen molar-refractivity contribution in [3.05, 3.63) is 106 Å². The number of pyridine rings is 1. The van der Waals surface area contributed by atoms with E-state index in [2.05, 4.69) is 31.7 Å². The van der Waals surface area contributed by atoms with Crippen LogP contribution in [0.3, 0.4) is 0 Å². The normalized spacial score (nSPS) is 11.9. The van der Waals surface area contributed by atoms with Crippen LogP contribution in [0.1, 0.15) is 66.8 Å². The molecular weight excluding hydrogens is 1090 g/mol. The summed E-state index contributed by atoms with van der Waals surface area (Å²) in [6.07, 6.45) is 0.795. The first-order valence-electron chi connectivity index (χ1n) is 21.7. The van der Waals surface area contributed by atoms with Crippen molar-refractivity contribution in [1.82, 2.24) is 24.7 Å². The van der Waals surface area contributed by atoms with E-state index in [1.54, 1.807) is 52.5 Å². The SMILES string of the molecule is CCc1cc(S(=O)(=O)[O-])cc(CC)c1Nc1nc(N(c2nc3ccc(S(=O)(=O)[O-])cc3s2)c2c(CC)cc(S(=O)(=O)[O-])cc2CC)cc(C)c1N=Nc1c(C#N)c(C)nn1-c1nc2ccc(S(=O)(=O)[O-])cc2s1.[Li+].[Li+].[Li+].[Li+]. The Kier molecular flexibility index (Phi) is 21.2. The van der Waals surface area contributed by atoms with Gasteiger partial charge in [-0.2, -0.15) is 15.0 Å². The second-order valence-corrected chi connectivity index (χ2v) is 23.7. The fourth-order valence-corrected chi connectivity index (χ4v) is 12.2. The summed E-state index contributed by atoms with van der Waals surface area (Å²) in [5.41, 5.74) is 3.45. The Bertz CT molecular complexity index is 4100. The molecule has 380 valence electrons. The Balaban J connectivity index is 0.00000320. The first-order valence-corrected chi connectivity index (χ1v) is 29.0. The van der Waals surface area contributed by atoms with Gasteiger partial charge in [-0.15, -0.1) is 10.2 Å². The predicted molar refractivity (Wildman–Crippen MR) is 266 cm³/mol. The summed E-state index contributed by atoms with van der Waals surface area (Å²) in [6.45, 7) is 10.2. The van der Waals surface area contributed by atoms with Crippen molar-refractivity contribution in [2.45, 2.75) is 86.8 Å². The molecule has 0 radical (unpaired) electrons. The number of fused-ring (bicyclic) bond motifs is 2. The van der Waals surface area contributed by atoms with Gasteiger partial charge in [0.1, 0.15) is 63.6 Å². The number of nitrogens with zero attached hydrogens (tertiary/aromatic N) is 9. The van der Waals surface area contributed by atoms with Crippen LogP contribution in [0.25, 0.3) is 25.6 Å². The number of azo groups is 1. The number of nitrogens with one attached hydrogen (secondary N) is 1. The summed E-state index contributed by atoms with van der Waals surface area (Å²) in [6, 6.07) is 15.9. The molecule has 0 aliphatic rings. The zero-order valence-electron chi connectivity index (χ0n) is 43.1. The van der Waals surface area contributed by atoms with Crippen molar-refractivity contribution >= 4 is 123 Å². The Morgan fingerprint density at radius 2 is 1.09 bits per heavy atom. The molecule has 0 fully saturated rings. The summed E-state index contributed by atoms with van der Waals surface area (Å²) in [5, 5.41) is 27.7. The molecule has 4 aromatic heterocycles. The van der Waals surface area contributed by atoms with E-state index in [9.17, 15) is 57.1 Å². The van der Waals surface area contributed by atoms with Crippen LogP contribution in [0.2, 0.25) is 0 Å². The maximum absolute atomic E-state index is 12.5. The van der Waals surface area contributed by atoms with Crippen LogP contribution in [-0.4, -0.2) is 76.6 Å². The third-order valence-electron chi connectivity index (χ3n) is 11.5. The van der Waals surface area contributed by atoms with Gasteiger partial charge in [0.25, 0.3) is 0 Å². The quantitative estimate of drug-likeness (QED) is 0.0557. The molecule has 0 aliphatic carbocycles.